The number of aliphatic hydroxyl groups is 1. The number of hydrogen-bond donors (Lipinski definition) is 2. The lowest BCUT2D eigenvalue weighted by molar-refractivity contribution is -0.271. The third-order valence-corrected chi connectivity index (χ3v) is 4.34. The predicted molar refractivity (Wildman–Crippen MR) is 90.4 cm³/mol. The summed E-state index contributed by atoms with van der Waals surface area (Å²) in [5.41, 5.74) is -2.68. The zero-order valence-corrected chi connectivity index (χ0v) is 15.0. The first-order chi connectivity index (χ1) is 12.1. The summed E-state index contributed by atoms with van der Waals surface area (Å²) in [7, 11) is 1.32. The van der Waals surface area contributed by atoms with E-state index in [0.29, 0.717) is 17.0 Å². The van der Waals surface area contributed by atoms with Gasteiger partial charge in [-0.2, -0.15) is 13.2 Å². The number of alkyl halides is 3. The Kier molecular flexibility index (Phi) is 5.98. The van der Waals surface area contributed by atoms with Gasteiger partial charge in [0.05, 0.1) is 12.5 Å². The molecular weight excluding hydrogens is 371 g/mol. The molecule has 0 spiro atoms. The number of hydrogen-bond acceptors (Lipinski definition) is 3. The highest BCUT2D eigenvalue weighted by atomic mass is 35.5. The van der Waals surface area contributed by atoms with Crippen LogP contribution in [0.3, 0.4) is 0 Å². The Labute approximate surface area is 153 Å². The average molecular weight is 390 g/mol. The summed E-state index contributed by atoms with van der Waals surface area (Å²) in [6, 6.07) is 6.13. The van der Waals surface area contributed by atoms with Crippen molar-refractivity contribution in [3.8, 4) is 0 Å². The molecule has 2 unspecified atom stereocenters. The summed E-state index contributed by atoms with van der Waals surface area (Å²) < 4.78 is 41.5. The van der Waals surface area contributed by atoms with Gasteiger partial charge in [-0.15, -0.1) is 0 Å². The first-order valence-corrected chi connectivity index (χ1v) is 8.28. The van der Waals surface area contributed by atoms with Gasteiger partial charge in [-0.05, 0) is 24.1 Å². The smallest absolute Gasteiger partial charge is 0.374 e. The van der Waals surface area contributed by atoms with Gasteiger partial charge >= 0.3 is 6.18 Å². The van der Waals surface area contributed by atoms with Crippen molar-refractivity contribution in [3.63, 3.8) is 0 Å². The van der Waals surface area contributed by atoms with E-state index >= 15 is 0 Å². The molecule has 1 heterocycles. The number of benzene rings is 1. The van der Waals surface area contributed by atoms with Crippen LogP contribution in [0, 0.1) is 0 Å². The minimum Gasteiger partial charge on any atom is -0.374 e. The molecule has 142 valence electrons. The minimum absolute atomic E-state index is 0.459. The van der Waals surface area contributed by atoms with Crippen molar-refractivity contribution in [2.75, 3.05) is 0 Å². The molecule has 0 saturated carbocycles. The molecule has 0 aliphatic rings. The topological polar surface area (TPSA) is 67.2 Å². The van der Waals surface area contributed by atoms with Crippen LogP contribution >= 0.6 is 11.6 Å². The molecule has 0 radical (unpaired) electrons. The van der Waals surface area contributed by atoms with Crippen molar-refractivity contribution in [3.05, 3.63) is 53.1 Å². The van der Waals surface area contributed by atoms with Gasteiger partial charge in [0.1, 0.15) is 0 Å². The maximum Gasteiger partial charge on any atom is 0.425 e. The van der Waals surface area contributed by atoms with Crippen LogP contribution < -0.4 is 5.32 Å². The molecule has 26 heavy (non-hydrogen) atoms. The lowest BCUT2D eigenvalue weighted by atomic mass is 9.96. The van der Waals surface area contributed by atoms with Crippen LogP contribution in [-0.2, 0) is 17.4 Å². The number of nitrogens with one attached hydrogen (secondary N) is 1. The molecule has 0 bridgehead atoms. The Balaban J connectivity index is 2.22. The van der Waals surface area contributed by atoms with E-state index in [0.717, 1.165) is 10.8 Å². The fourth-order valence-electron chi connectivity index (χ4n) is 2.66. The fourth-order valence-corrected chi connectivity index (χ4v) is 2.79. The van der Waals surface area contributed by atoms with Gasteiger partial charge in [0.2, 0.25) is 11.5 Å². The molecule has 1 amide bonds. The van der Waals surface area contributed by atoms with Crippen molar-refractivity contribution in [2.24, 2.45) is 7.05 Å². The van der Waals surface area contributed by atoms with Crippen LogP contribution in [0.15, 0.2) is 36.7 Å². The van der Waals surface area contributed by atoms with E-state index in [1.54, 1.807) is 31.2 Å². The van der Waals surface area contributed by atoms with Gasteiger partial charge in [-0.1, -0.05) is 30.7 Å². The average Bonchev–Trinajstić information content (AvgIpc) is 2.99. The summed E-state index contributed by atoms with van der Waals surface area (Å²) in [6.07, 6.45) is -3.39. The quantitative estimate of drug-likeness (QED) is 0.794. The zero-order chi connectivity index (χ0) is 19.5. The number of amides is 1. The van der Waals surface area contributed by atoms with Crippen LogP contribution in [0.1, 0.15) is 37.2 Å². The lowest BCUT2D eigenvalue weighted by Gasteiger charge is -2.30. The van der Waals surface area contributed by atoms with Crippen LogP contribution in [0.4, 0.5) is 13.2 Å². The standard InChI is InChI=1S/C17H19ClF3N3O2/c1-3-13(11-4-6-12(18)7-5-11)23-14(25)10-16(26,17(19,20)21)15-22-8-9-24(15)2/h4-9,13,26H,3,10H2,1-2H3,(H,23,25). The molecule has 1 aromatic carbocycles. The molecule has 2 N–H and O–H groups in total. The lowest BCUT2D eigenvalue weighted by Crippen LogP contribution is -2.48. The Morgan fingerprint density at radius 3 is 2.42 bits per heavy atom. The molecule has 0 saturated heterocycles. The van der Waals surface area contributed by atoms with Crippen molar-refractivity contribution >= 4 is 17.5 Å². The molecule has 5 nitrogen and oxygen atoms in total. The van der Waals surface area contributed by atoms with Gasteiger partial charge in [-0.25, -0.2) is 4.98 Å². The third-order valence-electron chi connectivity index (χ3n) is 4.09. The van der Waals surface area contributed by atoms with Crippen LogP contribution in [0.25, 0.3) is 0 Å². The van der Waals surface area contributed by atoms with E-state index in [9.17, 15) is 23.1 Å². The van der Waals surface area contributed by atoms with Gasteiger partial charge in [0.25, 0.3) is 0 Å². The van der Waals surface area contributed by atoms with Crippen molar-refractivity contribution in [1.82, 2.24) is 14.9 Å². The van der Waals surface area contributed by atoms with Crippen molar-refractivity contribution < 1.29 is 23.1 Å². The highest BCUT2D eigenvalue weighted by Crippen LogP contribution is 2.40. The maximum atomic E-state index is 13.5. The van der Waals surface area contributed by atoms with Crippen LogP contribution in [-0.4, -0.2) is 26.7 Å². The molecule has 0 aliphatic heterocycles. The van der Waals surface area contributed by atoms with Crippen molar-refractivity contribution in [2.45, 2.75) is 37.6 Å². The Morgan fingerprint density at radius 2 is 1.96 bits per heavy atom. The van der Waals surface area contributed by atoms with E-state index in [2.05, 4.69) is 10.3 Å². The molecule has 2 aromatic rings. The normalized spacial score (nSPS) is 15.3. The van der Waals surface area contributed by atoms with E-state index in [4.69, 9.17) is 11.6 Å². The zero-order valence-electron chi connectivity index (χ0n) is 14.2. The molecule has 0 aliphatic carbocycles. The number of halogens is 4. The van der Waals surface area contributed by atoms with E-state index in [1.807, 2.05) is 0 Å². The molecule has 2 rings (SSSR count). The fraction of sp³-hybridized carbons (Fsp3) is 0.412. The second-order valence-electron chi connectivity index (χ2n) is 5.98. The number of aromatic nitrogens is 2. The van der Waals surface area contributed by atoms with E-state index in [1.165, 1.54) is 13.2 Å². The number of carbonyl (C=O) groups excluding carboxylic acids is 1. The largest absolute Gasteiger partial charge is 0.425 e. The molecular formula is C17H19ClF3N3O2. The molecule has 0 fully saturated rings. The predicted octanol–water partition coefficient (Wildman–Crippen LogP) is 3.48. The summed E-state index contributed by atoms with van der Waals surface area (Å²) >= 11 is 5.82. The van der Waals surface area contributed by atoms with Gasteiger partial charge < -0.3 is 15.0 Å². The van der Waals surface area contributed by atoms with Gasteiger partial charge in [0.15, 0.2) is 5.82 Å². The Morgan fingerprint density at radius 1 is 1.35 bits per heavy atom. The molecule has 1 aromatic heterocycles. The third kappa shape index (κ3) is 4.19. The highest BCUT2D eigenvalue weighted by molar-refractivity contribution is 6.30. The Bertz CT molecular complexity index is 761. The second-order valence-corrected chi connectivity index (χ2v) is 6.41. The number of carbonyl (C=O) groups is 1. The second kappa shape index (κ2) is 7.67. The number of nitrogens with zero attached hydrogens (tertiary/aromatic N) is 2. The van der Waals surface area contributed by atoms with E-state index < -0.39 is 36.0 Å². The van der Waals surface area contributed by atoms with Crippen LogP contribution in [0.5, 0.6) is 0 Å². The summed E-state index contributed by atoms with van der Waals surface area (Å²) in [4.78, 5) is 15.9. The minimum atomic E-state index is -5.06. The monoisotopic (exact) mass is 389 g/mol. The number of imidazole rings is 1. The van der Waals surface area contributed by atoms with Gasteiger partial charge in [0, 0.05) is 24.5 Å². The SMILES string of the molecule is CCC(NC(=O)CC(O)(c1nccn1C)C(F)(F)F)c1ccc(Cl)cc1. The number of rotatable bonds is 6. The maximum absolute atomic E-state index is 13.5. The summed E-state index contributed by atoms with van der Waals surface area (Å²) in [5.74, 6) is -1.57. The summed E-state index contributed by atoms with van der Waals surface area (Å²) in [5, 5.41) is 13.3. The number of aryl methyl sites for hydroxylation is 1. The first-order valence-electron chi connectivity index (χ1n) is 7.90. The van der Waals surface area contributed by atoms with Crippen molar-refractivity contribution in [1.29, 1.82) is 0 Å². The Hall–Kier alpha value is -2.06. The van der Waals surface area contributed by atoms with Crippen LogP contribution in [0.2, 0.25) is 5.02 Å². The first kappa shape index (κ1) is 20.3. The molecule has 2 atom stereocenters. The summed E-state index contributed by atoms with van der Waals surface area (Å²) in [6.45, 7) is 1.79. The highest BCUT2D eigenvalue weighted by Gasteiger charge is 2.58. The molecule has 9 heteroatoms. The van der Waals surface area contributed by atoms with E-state index in [-0.39, 0.29) is 0 Å². The van der Waals surface area contributed by atoms with Gasteiger partial charge in [-0.3, -0.25) is 4.79 Å².